The molecule has 5 heteroatoms. The maximum atomic E-state index is 11.4. The molecule has 15 heavy (non-hydrogen) atoms. The third kappa shape index (κ3) is 6.93. The monoisotopic (exact) mass is 225 g/mol. The Morgan fingerprint density at radius 1 is 1.33 bits per heavy atom. The van der Waals surface area contributed by atoms with Crippen molar-refractivity contribution >= 4 is 41.4 Å². The van der Waals surface area contributed by atoms with Gasteiger partial charge < -0.3 is 10.0 Å². The number of nitrogens with zero attached hydrogens (tertiary/aromatic N) is 1. The third-order valence-electron chi connectivity index (χ3n) is 2.33. The molecule has 0 bridgehead atoms. The molecular weight excluding hydrogens is 205 g/mol. The molecule has 0 aromatic carbocycles. The first-order valence-electron chi connectivity index (χ1n) is 4.99. The molecule has 4 nitrogen and oxygen atoms in total. The summed E-state index contributed by atoms with van der Waals surface area (Å²) in [5.74, 6) is -1.05. The molecule has 0 aromatic heterocycles. The molecule has 0 aromatic rings. The van der Waals surface area contributed by atoms with Gasteiger partial charge in [-0.25, -0.2) is 4.79 Å². The Hall–Kier alpha value is -0.0600. The number of unbranched alkanes of at least 4 members (excludes halogenated alkanes) is 2. The summed E-state index contributed by atoms with van der Waals surface area (Å²) in [4.78, 5) is 23.3. The second-order valence-corrected chi connectivity index (χ2v) is 3.48. The molecule has 1 N–H and O–H groups in total. The predicted molar refractivity (Wildman–Crippen MR) is 61.2 cm³/mol. The molecule has 1 unspecified atom stereocenters. The minimum atomic E-state index is -0.962. The number of rotatable bonds is 6. The number of likely N-dealkylation sites (N-methyl/N-ethyl adjacent to an activating group) is 1. The fourth-order valence-corrected chi connectivity index (χ4v) is 1.08. The van der Waals surface area contributed by atoms with E-state index in [0.717, 1.165) is 19.3 Å². The van der Waals surface area contributed by atoms with Crippen LogP contribution in [0.4, 0.5) is 0 Å². The molecule has 0 aliphatic rings. The van der Waals surface area contributed by atoms with E-state index in [1.807, 2.05) is 0 Å². The first-order chi connectivity index (χ1) is 6.50. The van der Waals surface area contributed by atoms with Crippen LogP contribution in [0, 0.1) is 0 Å². The van der Waals surface area contributed by atoms with Crippen LogP contribution >= 0.6 is 0 Å². The molecule has 0 fully saturated rings. The normalized spacial score (nSPS) is 11.4. The van der Waals surface area contributed by atoms with Crippen molar-refractivity contribution in [3.05, 3.63) is 0 Å². The molecule has 0 spiro atoms. The van der Waals surface area contributed by atoms with Crippen LogP contribution in [0.2, 0.25) is 0 Å². The van der Waals surface area contributed by atoms with Crippen molar-refractivity contribution in [2.75, 3.05) is 7.05 Å². The summed E-state index contributed by atoms with van der Waals surface area (Å²) in [5, 5.41) is 8.68. The van der Waals surface area contributed by atoms with Gasteiger partial charge in [0.05, 0.1) is 0 Å². The summed E-state index contributed by atoms with van der Waals surface area (Å²) in [6, 6.07) is -0.732. The van der Waals surface area contributed by atoms with Gasteiger partial charge in [0.25, 0.3) is 0 Å². The molecule has 0 saturated heterocycles. The zero-order valence-corrected chi connectivity index (χ0v) is 9.12. The van der Waals surface area contributed by atoms with Crippen LogP contribution in [0.15, 0.2) is 0 Å². The summed E-state index contributed by atoms with van der Waals surface area (Å²) in [6.07, 6.45) is 3.36. The topological polar surface area (TPSA) is 57.6 Å². The van der Waals surface area contributed by atoms with Crippen molar-refractivity contribution in [1.82, 2.24) is 4.90 Å². The molecule has 1 atom stereocenters. The maximum absolute atomic E-state index is 11.4. The van der Waals surface area contributed by atoms with Crippen LogP contribution in [0.5, 0.6) is 0 Å². The number of amides is 1. The fourth-order valence-electron chi connectivity index (χ4n) is 1.08. The van der Waals surface area contributed by atoms with E-state index < -0.39 is 12.0 Å². The Morgan fingerprint density at radius 2 is 1.87 bits per heavy atom. The molecule has 0 aliphatic carbocycles. The molecular formula is C10H20NNaO3. The molecule has 84 valence electrons. The number of hydrogen-bond donors (Lipinski definition) is 1. The average Bonchev–Trinajstić information content (AvgIpc) is 2.15. The van der Waals surface area contributed by atoms with Gasteiger partial charge in [0.15, 0.2) is 0 Å². The number of aliphatic carboxylic acids is 1. The number of carbonyl (C=O) groups excluding carboxylic acids is 1. The number of hydrogen-bond acceptors (Lipinski definition) is 2. The quantitative estimate of drug-likeness (QED) is 0.538. The van der Waals surface area contributed by atoms with Crippen LogP contribution in [-0.2, 0) is 9.59 Å². The second kappa shape index (κ2) is 9.19. The van der Waals surface area contributed by atoms with Crippen molar-refractivity contribution in [2.24, 2.45) is 0 Å². The summed E-state index contributed by atoms with van der Waals surface area (Å²) in [7, 11) is 1.53. The molecule has 0 rings (SSSR count). The summed E-state index contributed by atoms with van der Waals surface area (Å²) >= 11 is 0. The molecule has 1 amide bonds. The Morgan fingerprint density at radius 3 is 2.27 bits per heavy atom. The average molecular weight is 225 g/mol. The standard InChI is InChI=1S/C10H19NO3.Na.H/c1-4-5-6-7-9(12)11(3)8(2)10(13)14;;/h8H,4-7H2,1-3H3,(H,13,14);;. The van der Waals surface area contributed by atoms with Crippen molar-refractivity contribution in [1.29, 1.82) is 0 Å². The van der Waals surface area contributed by atoms with Gasteiger partial charge in [-0.05, 0) is 13.3 Å². The summed E-state index contributed by atoms with van der Waals surface area (Å²) in [6.45, 7) is 3.58. The van der Waals surface area contributed by atoms with E-state index in [2.05, 4.69) is 6.92 Å². The second-order valence-electron chi connectivity index (χ2n) is 3.48. The number of carbonyl (C=O) groups is 2. The van der Waals surface area contributed by atoms with Crippen LogP contribution in [-0.4, -0.2) is 64.5 Å². The van der Waals surface area contributed by atoms with Gasteiger partial charge in [0, 0.05) is 13.5 Å². The Balaban J connectivity index is 0. The van der Waals surface area contributed by atoms with Crippen LogP contribution < -0.4 is 0 Å². The van der Waals surface area contributed by atoms with Crippen LogP contribution in [0.3, 0.4) is 0 Å². The molecule has 0 aliphatic heterocycles. The fraction of sp³-hybridized carbons (Fsp3) is 0.800. The van der Waals surface area contributed by atoms with Crippen molar-refractivity contribution in [2.45, 2.75) is 45.6 Å². The molecule has 0 heterocycles. The van der Waals surface area contributed by atoms with Crippen molar-refractivity contribution in [3.63, 3.8) is 0 Å². The van der Waals surface area contributed by atoms with E-state index in [1.165, 1.54) is 18.9 Å². The van der Waals surface area contributed by atoms with E-state index in [4.69, 9.17) is 5.11 Å². The van der Waals surface area contributed by atoms with Gasteiger partial charge in [-0.2, -0.15) is 0 Å². The zero-order valence-electron chi connectivity index (χ0n) is 9.12. The van der Waals surface area contributed by atoms with E-state index in [1.54, 1.807) is 0 Å². The number of carboxylic acid groups (broad SMARTS) is 1. The van der Waals surface area contributed by atoms with Crippen LogP contribution in [0.25, 0.3) is 0 Å². The van der Waals surface area contributed by atoms with E-state index in [0.29, 0.717) is 6.42 Å². The summed E-state index contributed by atoms with van der Waals surface area (Å²) < 4.78 is 0. The Labute approximate surface area is 113 Å². The van der Waals surface area contributed by atoms with Gasteiger partial charge in [-0.1, -0.05) is 19.8 Å². The van der Waals surface area contributed by atoms with Gasteiger partial charge in [-0.15, -0.1) is 0 Å². The van der Waals surface area contributed by atoms with Gasteiger partial charge in [-0.3, -0.25) is 4.79 Å². The number of carboxylic acids is 1. The van der Waals surface area contributed by atoms with Crippen molar-refractivity contribution < 1.29 is 14.7 Å². The third-order valence-corrected chi connectivity index (χ3v) is 2.33. The summed E-state index contributed by atoms with van der Waals surface area (Å²) in [5.41, 5.74) is 0. The van der Waals surface area contributed by atoms with E-state index in [-0.39, 0.29) is 35.5 Å². The van der Waals surface area contributed by atoms with E-state index >= 15 is 0 Å². The molecule has 0 saturated carbocycles. The van der Waals surface area contributed by atoms with Crippen LogP contribution in [0.1, 0.15) is 39.5 Å². The van der Waals surface area contributed by atoms with Gasteiger partial charge >= 0.3 is 35.5 Å². The van der Waals surface area contributed by atoms with E-state index in [9.17, 15) is 9.59 Å². The first kappa shape index (κ1) is 17.3. The molecule has 0 radical (unpaired) electrons. The minimum absolute atomic E-state index is 0. The predicted octanol–water partition coefficient (Wildman–Crippen LogP) is 0.850. The Bertz CT molecular complexity index is 209. The Kier molecular flexibility index (Phi) is 10.6. The van der Waals surface area contributed by atoms with Gasteiger partial charge in [0.1, 0.15) is 6.04 Å². The zero-order chi connectivity index (χ0) is 11.1. The first-order valence-corrected chi connectivity index (χ1v) is 4.99. The van der Waals surface area contributed by atoms with Gasteiger partial charge in [0.2, 0.25) is 5.91 Å². The SMILES string of the molecule is CCCCCC(=O)N(C)C(C)C(=O)O.[NaH]. The van der Waals surface area contributed by atoms with Crippen molar-refractivity contribution in [3.8, 4) is 0 Å².